The summed E-state index contributed by atoms with van der Waals surface area (Å²) in [5.74, 6) is 1.17. The van der Waals surface area contributed by atoms with E-state index in [2.05, 4.69) is 53.7 Å². The molecule has 128 valence electrons. The van der Waals surface area contributed by atoms with Crippen LogP contribution in [0.5, 0.6) is 0 Å². The van der Waals surface area contributed by atoms with Crippen LogP contribution in [-0.2, 0) is 0 Å². The van der Waals surface area contributed by atoms with Crippen LogP contribution < -0.4 is 0 Å². The summed E-state index contributed by atoms with van der Waals surface area (Å²) < 4.78 is 0. The predicted octanol–water partition coefficient (Wildman–Crippen LogP) is 6.63. The van der Waals surface area contributed by atoms with Crippen molar-refractivity contribution in [2.75, 3.05) is 0 Å². The lowest BCUT2D eigenvalue weighted by molar-refractivity contribution is -0.384. The number of nitro benzene ring substituents is 1. The van der Waals surface area contributed by atoms with Gasteiger partial charge in [0.25, 0.3) is 5.69 Å². The molecule has 0 spiro atoms. The van der Waals surface area contributed by atoms with Crippen molar-refractivity contribution in [2.45, 2.75) is 59.3 Å². The zero-order chi connectivity index (χ0) is 18.0. The maximum Gasteiger partial charge on any atom is 0.270 e. The number of non-ortho nitro benzene ring substituents is 1. The molecule has 3 heteroatoms. The molecular formula is C21H27NO2. The van der Waals surface area contributed by atoms with Crippen LogP contribution in [0.25, 0.3) is 11.1 Å². The van der Waals surface area contributed by atoms with Gasteiger partial charge >= 0.3 is 0 Å². The minimum atomic E-state index is -0.323. The Kier molecular flexibility index (Phi) is 5.43. The first-order valence-corrected chi connectivity index (χ1v) is 8.64. The van der Waals surface area contributed by atoms with Crippen molar-refractivity contribution >= 4 is 5.69 Å². The van der Waals surface area contributed by atoms with Gasteiger partial charge in [0.05, 0.1) is 4.92 Å². The van der Waals surface area contributed by atoms with Gasteiger partial charge in [-0.25, -0.2) is 0 Å². The molecule has 0 saturated carbocycles. The van der Waals surface area contributed by atoms with Crippen LogP contribution >= 0.6 is 0 Å². The predicted molar refractivity (Wildman–Crippen MR) is 101 cm³/mol. The van der Waals surface area contributed by atoms with Gasteiger partial charge < -0.3 is 0 Å². The molecule has 3 nitrogen and oxygen atoms in total. The van der Waals surface area contributed by atoms with E-state index in [0.29, 0.717) is 17.8 Å². The van der Waals surface area contributed by atoms with Crippen LogP contribution in [0, 0.1) is 10.1 Å². The Balaban J connectivity index is 2.80. The summed E-state index contributed by atoms with van der Waals surface area (Å²) in [6.45, 7) is 13.1. The van der Waals surface area contributed by atoms with Crippen molar-refractivity contribution < 1.29 is 4.92 Å². The van der Waals surface area contributed by atoms with E-state index < -0.39 is 0 Å². The van der Waals surface area contributed by atoms with Gasteiger partial charge in [-0.3, -0.25) is 10.1 Å². The second-order valence-corrected chi connectivity index (χ2v) is 7.35. The SMILES string of the molecule is CC(C)c1cc(C(C)C)c(-c2cccc([N+](=O)[O-])c2)c(C(C)C)c1. The highest BCUT2D eigenvalue weighted by Crippen LogP contribution is 2.39. The van der Waals surface area contributed by atoms with Gasteiger partial charge in [0.2, 0.25) is 0 Å². The van der Waals surface area contributed by atoms with Crippen molar-refractivity contribution in [1.29, 1.82) is 0 Å². The molecule has 0 radical (unpaired) electrons. The Bertz CT molecular complexity index is 716. The van der Waals surface area contributed by atoms with Crippen molar-refractivity contribution in [3.8, 4) is 11.1 Å². The van der Waals surface area contributed by atoms with E-state index in [4.69, 9.17) is 0 Å². The summed E-state index contributed by atoms with van der Waals surface area (Å²) in [6.07, 6.45) is 0. The Morgan fingerprint density at radius 1 is 0.833 bits per heavy atom. The molecule has 0 amide bonds. The van der Waals surface area contributed by atoms with Gasteiger partial charge in [-0.2, -0.15) is 0 Å². The second kappa shape index (κ2) is 7.16. The molecule has 0 atom stereocenters. The molecule has 0 aliphatic heterocycles. The molecule has 0 aromatic heterocycles. The third kappa shape index (κ3) is 3.66. The fourth-order valence-corrected chi connectivity index (χ4v) is 3.06. The fourth-order valence-electron chi connectivity index (χ4n) is 3.06. The normalized spacial score (nSPS) is 11.5. The highest BCUT2D eigenvalue weighted by molar-refractivity contribution is 5.75. The molecule has 0 unspecified atom stereocenters. The molecule has 0 heterocycles. The summed E-state index contributed by atoms with van der Waals surface area (Å²) in [6, 6.07) is 11.6. The van der Waals surface area contributed by atoms with Crippen LogP contribution in [0.4, 0.5) is 5.69 Å². The molecule has 2 aromatic rings. The first kappa shape index (κ1) is 18.2. The summed E-state index contributed by atoms with van der Waals surface area (Å²) in [5, 5.41) is 11.2. The molecule has 0 aliphatic rings. The lowest BCUT2D eigenvalue weighted by atomic mass is 9.82. The third-order valence-corrected chi connectivity index (χ3v) is 4.48. The minimum absolute atomic E-state index is 0.143. The highest BCUT2D eigenvalue weighted by Gasteiger charge is 2.19. The highest BCUT2D eigenvalue weighted by atomic mass is 16.6. The standard InChI is InChI=1S/C21H27NO2/c1-13(2)17-11-19(14(3)4)21(20(12-17)15(5)6)16-8-7-9-18(10-16)22(23)24/h7-15H,1-6H3. The zero-order valence-electron chi connectivity index (χ0n) is 15.5. The number of hydrogen-bond acceptors (Lipinski definition) is 2. The Morgan fingerprint density at radius 2 is 1.38 bits per heavy atom. The smallest absolute Gasteiger partial charge is 0.258 e. The van der Waals surface area contributed by atoms with E-state index in [-0.39, 0.29) is 10.6 Å². The fraction of sp³-hybridized carbons (Fsp3) is 0.429. The van der Waals surface area contributed by atoms with Crippen molar-refractivity contribution in [3.05, 3.63) is 63.2 Å². The molecule has 2 aromatic carbocycles. The van der Waals surface area contributed by atoms with Gasteiger partial charge in [-0.15, -0.1) is 0 Å². The van der Waals surface area contributed by atoms with E-state index in [1.807, 2.05) is 6.07 Å². The van der Waals surface area contributed by atoms with Gasteiger partial charge in [-0.05, 0) is 45.6 Å². The Morgan fingerprint density at radius 3 is 1.79 bits per heavy atom. The lowest BCUT2D eigenvalue weighted by Gasteiger charge is -2.23. The van der Waals surface area contributed by atoms with Crippen LogP contribution in [0.1, 0.15) is 76.0 Å². The second-order valence-electron chi connectivity index (χ2n) is 7.35. The number of benzene rings is 2. The van der Waals surface area contributed by atoms with Crippen molar-refractivity contribution in [2.24, 2.45) is 0 Å². The van der Waals surface area contributed by atoms with E-state index in [1.165, 1.54) is 16.7 Å². The molecule has 0 saturated heterocycles. The van der Waals surface area contributed by atoms with Crippen LogP contribution in [0.2, 0.25) is 0 Å². The van der Waals surface area contributed by atoms with Gasteiger partial charge in [0, 0.05) is 12.1 Å². The maximum absolute atomic E-state index is 11.2. The lowest BCUT2D eigenvalue weighted by Crippen LogP contribution is -2.03. The van der Waals surface area contributed by atoms with Crippen molar-refractivity contribution in [1.82, 2.24) is 0 Å². The largest absolute Gasteiger partial charge is 0.270 e. The maximum atomic E-state index is 11.2. The average molecular weight is 325 g/mol. The first-order valence-electron chi connectivity index (χ1n) is 8.64. The summed E-state index contributed by atoms with van der Waals surface area (Å²) in [7, 11) is 0. The quantitative estimate of drug-likeness (QED) is 0.457. The molecule has 24 heavy (non-hydrogen) atoms. The number of nitro groups is 1. The summed E-state index contributed by atoms with van der Waals surface area (Å²) >= 11 is 0. The van der Waals surface area contributed by atoms with Crippen LogP contribution in [0.3, 0.4) is 0 Å². The molecule has 0 fully saturated rings. The topological polar surface area (TPSA) is 43.1 Å². The van der Waals surface area contributed by atoms with Crippen LogP contribution in [0.15, 0.2) is 36.4 Å². The zero-order valence-corrected chi connectivity index (χ0v) is 15.5. The average Bonchev–Trinajstić information content (AvgIpc) is 2.53. The van der Waals surface area contributed by atoms with E-state index in [9.17, 15) is 10.1 Å². The van der Waals surface area contributed by atoms with E-state index in [1.54, 1.807) is 18.2 Å². The Labute approximate surface area is 144 Å². The minimum Gasteiger partial charge on any atom is -0.258 e. The molecular weight excluding hydrogens is 298 g/mol. The van der Waals surface area contributed by atoms with Crippen molar-refractivity contribution in [3.63, 3.8) is 0 Å². The molecule has 2 rings (SSSR count). The summed E-state index contributed by atoms with van der Waals surface area (Å²) in [4.78, 5) is 10.8. The monoisotopic (exact) mass is 325 g/mol. The van der Waals surface area contributed by atoms with E-state index >= 15 is 0 Å². The molecule has 0 aliphatic carbocycles. The van der Waals surface area contributed by atoms with Gasteiger partial charge in [0.1, 0.15) is 0 Å². The third-order valence-electron chi connectivity index (χ3n) is 4.48. The first-order chi connectivity index (χ1) is 11.2. The number of hydrogen-bond donors (Lipinski definition) is 0. The molecule has 0 N–H and O–H groups in total. The molecule has 0 bridgehead atoms. The van der Waals surface area contributed by atoms with Crippen LogP contribution in [-0.4, -0.2) is 4.92 Å². The van der Waals surface area contributed by atoms with E-state index in [0.717, 1.165) is 11.1 Å². The summed E-state index contributed by atoms with van der Waals surface area (Å²) in [5.41, 5.74) is 6.11. The van der Waals surface area contributed by atoms with Gasteiger partial charge in [0.15, 0.2) is 0 Å². The number of rotatable bonds is 5. The van der Waals surface area contributed by atoms with Gasteiger partial charge in [-0.1, -0.05) is 65.8 Å². The Hall–Kier alpha value is -2.16. The number of nitrogens with zero attached hydrogens (tertiary/aromatic N) is 1.